The van der Waals surface area contributed by atoms with Gasteiger partial charge < -0.3 is 14.8 Å². The average molecular weight is 251 g/mol. The van der Waals surface area contributed by atoms with Crippen molar-refractivity contribution < 1.29 is 14.3 Å². The second-order valence-corrected chi connectivity index (χ2v) is 4.23. The number of nitrogens with one attached hydrogen (secondary N) is 1. The summed E-state index contributed by atoms with van der Waals surface area (Å²) in [5.41, 5.74) is 0.529. The first kappa shape index (κ1) is 14.4. The molecule has 0 aliphatic rings. The van der Waals surface area contributed by atoms with Gasteiger partial charge in [0.1, 0.15) is 11.5 Å². The molecule has 4 heteroatoms. The van der Waals surface area contributed by atoms with E-state index in [1.165, 1.54) is 0 Å². The van der Waals surface area contributed by atoms with Gasteiger partial charge in [-0.25, -0.2) is 0 Å². The van der Waals surface area contributed by atoms with Crippen LogP contribution in [0.2, 0.25) is 0 Å². The molecule has 0 unspecified atom stereocenters. The number of carbonyl (C=O) groups is 1. The molecule has 0 saturated heterocycles. The number of carbonyl (C=O) groups excluding carboxylic acids is 1. The summed E-state index contributed by atoms with van der Waals surface area (Å²) in [6.07, 6.45) is 2.01. The highest BCUT2D eigenvalue weighted by atomic mass is 16.5. The molecule has 4 nitrogen and oxygen atoms in total. The first-order valence-electron chi connectivity index (χ1n) is 6.15. The van der Waals surface area contributed by atoms with Gasteiger partial charge >= 0.3 is 0 Å². The molecule has 1 aromatic carbocycles. The van der Waals surface area contributed by atoms with E-state index in [1.54, 1.807) is 32.4 Å². The van der Waals surface area contributed by atoms with Gasteiger partial charge in [0.2, 0.25) is 0 Å². The predicted molar refractivity (Wildman–Crippen MR) is 71.4 cm³/mol. The van der Waals surface area contributed by atoms with Crippen LogP contribution in [0, 0.1) is 0 Å². The zero-order valence-corrected chi connectivity index (χ0v) is 11.4. The third-order valence-electron chi connectivity index (χ3n) is 2.75. The molecule has 1 N–H and O–H groups in total. The molecule has 1 atom stereocenters. The minimum atomic E-state index is -0.115. The largest absolute Gasteiger partial charge is 0.497 e. The Balaban J connectivity index is 2.84. The molecule has 0 heterocycles. The van der Waals surface area contributed by atoms with Crippen LogP contribution in [0.25, 0.3) is 0 Å². The molecule has 0 fully saturated rings. The summed E-state index contributed by atoms with van der Waals surface area (Å²) >= 11 is 0. The molecule has 1 aromatic rings. The van der Waals surface area contributed by atoms with E-state index in [4.69, 9.17) is 9.47 Å². The fraction of sp³-hybridized carbons (Fsp3) is 0.500. The molecule has 0 aliphatic carbocycles. The molecular weight excluding hydrogens is 230 g/mol. The number of methoxy groups -OCH3 is 2. The molecule has 0 radical (unpaired) electrons. The van der Waals surface area contributed by atoms with Crippen LogP contribution in [0.5, 0.6) is 11.5 Å². The lowest BCUT2D eigenvalue weighted by atomic mass is 10.1. The molecule has 0 aliphatic heterocycles. The van der Waals surface area contributed by atoms with E-state index in [-0.39, 0.29) is 11.9 Å². The molecule has 0 aromatic heterocycles. The van der Waals surface area contributed by atoms with Gasteiger partial charge in [-0.05, 0) is 25.5 Å². The molecule has 0 spiro atoms. The number of ether oxygens (including phenoxy) is 2. The molecule has 18 heavy (non-hydrogen) atoms. The van der Waals surface area contributed by atoms with Gasteiger partial charge in [-0.1, -0.05) is 13.3 Å². The van der Waals surface area contributed by atoms with E-state index >= 15 is 0 Å². The smallest absolute Gasteiger partial charge is 0.255 e. The number of hydrogen-bond acceptors (Lipinski definition) is 3. The van der Waals surface area contributed by atoms with Gasteiger partial charge in [-0.15, -0.1) is 0 Å². The van der Waals surface area contributed by atoms with Crippen LogP contribution in [-0.2, 0) is 0 Å². The highest BCUT2D eigenvalue weighted by molar-refractivity contribution is 5.97. The maximum absolute atomic E-state index is 12.1. The lowest BCUT2D eigenvalue weighted by Gasteiger charge is -2.15. The van der Waals surface area contributed by atoms with Crippen molar-refractivity contribution in [1.82, 2.24) is 5.32 Å². The summed E-state index contributed by atoms with van der Waals surface area (Å²) in [6.45, 7) is 4.09. The van der Waals surface area contributed by atoms with E-state index in [2.05, 4.69) is 12.2 Å². The van der Waals surface area contributed by atoms with Crippen LogP contribution in [0.3, 0.4) is 0 Å². The quantitative estimate of drug-likeness (QED) is 0.845. The lowest BCUT2D eigenvalue weighted by molar-refractivity contribution is 0.0935. The molecule has 1 amide bonds. The second-order valence-electron chi connectivity index (χ2n) is 4.23. The van der Waals surface area contributed by atoms with Crippen molar-refractivity contribution in [2.75, 3.05) is 14.2 Å². The normalized spacial score (nSPS) is 11.8. The van der Waals surface area contributed by atoms with Gasteiger partial charge in [0, 0.05) is 12.1 Å². The SMILES string of the molecule is CCC[C@@H](C)NC(=O)c1ccc(OC)cc1OC. The second kappa shape index (κ2) is 6.89. The van der Waals surface area contributed by atoms with Crippen molar-refractivity contribution in [3.63, 3.8) is 0 Å². The van der Waals surface area contributed by atoms with Gasteiger partial charge in [0.25, 0.3) is 5.91 Å². The van der Waals surface area contributed by atoms with Gasteiger partial charge in [-0.3, -0.25) is 4.79 Å². The van der Waals surface area contributed by atoms with E-state index < -0.39 is 0 Å². The van der Waals surface area contributed by atoms with Crippen LogP contribution in [-0.4, -0.2) is 26.2 Å². The Morgan fingerprint density at radius 1 is 1.33 bits per heavy atom. The Bertz CT molecular complexity index is 404. The van der Waals surface area contributed by atoms with Crippen molar-refractivity contribution >= 4 is 5.91 Å². The van der Waals surface area contributed by atoms with Gasteiger partial charge in [-0.2, -0.15) is 0 Å². The maximum Gasteiger partial charge on any atom is 0.255 e. The van der Waals surface area contributed by atoms with Crippen LogP contribution in [0.15, 0.2) is 18.2 Å². The highest BCUT2D eigenvalue weighted by Crippen LogP contribution is 2.24. The van der Waals surface area contributed by atoms with Crippen molar-refractivity contribution in [3.05, 3.63) is 23.8 Å². The first-order chi connectivity index (χ1) is 8.62. The van der Waals surface area contributed by atoms with Crippen LogP contribution < -0.4 is 14.8 Å². The van der Waals surface area contributed by atoms with Crippen molar-refractivity contribution in [3.8, 4) is 11.5 Å². The fourth-order valence-electron chi connectivity index (χ4n) is 1.79. The van der Waals surface area contributed by atoms with Crippen molar-refractivity contribution in [2.45, 2.75) is 32.7 Å². The first-order valence-corrected chi connectivity index (χ1v) is 6.15. The molecule has 100 valence electrons. The summed E-state index contributed by atoms with van der Waals surface area (Å²) in [4.78, 5) is 12.1. The topological polar surface area (TPSA) is 47.6 Å². The van der Waals surface area contributed by atoms with Gasteiger partial charge in [0.05, 0.1) is 19.8 Å². The highest BCUT2D eigenvalue weighted by Gasteiger charge is 2.14. The van der Waals surface area contributed by atoms with Crippen LogP contribution >= 0.6 is 0 Å². The Labute approximate surface area is 108 Å². The molecule has 1 rings (SSSR count). The van der Waals surface area contributed by atoms with Gasteiger partial charge in [0.15, 0.2) is 0 Å². The molecular formula is C14H21NO3. The monoisotopic (exact) mass is 251 g/mol. The molecule has 0 saturated carbocycles. The van der Waals surface area contributed by atoms with Crippen molar-refractivity contribution in [2.24, 2.45) is 0 Å². The minimum absolute atomic E-state index is 0.115. The predicted octanol–water partition coefficient (Wildman–Crippen LogP) is 2.62. The number of amides is 1. The maximum atomic E-state index is 12.1. The van der Waals surface area contributed by atoms with E-state index in [1.807, 2.05) is 6.92 Å². The fourth-order valence-corrected chi connectivity index (χ4v) is 1.79. The summed E-state index contributed by atoms with van der Waals surface area (Å²) in [5.74, 6) is 1.08. The Morgan fingerprint density at radius 3 is 2.61 bits per heavy atom. The standard InChI is InChI=1S/C14H21NO3/c1-5-6-10(2)15-14(16)12-8-7-11(17-3)9-13(12)18-4/h7-10H,5-6H2,1-4H3,(H,15,16)/t10-/m1/s1. The van der Waals surface area contributed by atoms with Crippen LogP contribution in [0.4, 0.5) is 0 Å². The van der Waals surface area contributed by atoms with E-state index in [9.17, 15) is 4.79 Å². The number of hydrogen-bond donors (Lipinski definition) is 1. The molecule has 0 bridgehead atoms. The lowest BCUT2D eigenvalue weighted by Crippen LogP contribution is -2.32. The Kier molecular flexibility index (Phi) is 5.49. The van der Waals surface area contributed by atoms with Crippen molar-refractivity contribution in [1.29, 1.82) is 0 Å². The minimum Gasteiger partial charge on any atom is -0.497 e. The summed E-state index contributed by atoms with van der Waals surface area (Å²) in [6, 6.07) is 5.33. The van der Waals surface area contributed by atoms with E-state index in [0.29, 0.717) is 17.1 Å². The zero-order valence-electron chi connectivity index (χ0n) is 11.4. The average Bonchev–Trinajstić information content (AvgIpc) is 2.38. The number of rotatable bonds is 6. The third-order valence-corrected chi connectivity index (χ3v) is 2.75. The van der Waals surface area contributed by atoms with E-state index in [0.717, 1.165) is 12.8 Å². The number of benzene rings is 1. The zero-order chi connectivity index (χ0) is 13.5. The van der Waals surface area contributed by atoms with Crippen LogP contribution in [0.1, 0.15) is 37.0 Å². The third kappa shape index (κ3) is 3.65. The summed E-state index contributed by atoms with van der Waals surface area (Å²) in [7, 11) is 3.12. The summed E-state index contributed by atoms with van der Waals surface area (Å²) < 4.78 is 10.3. The summed E-state index contributed by atoms with van der Waals surface area (Å²) in [5, 5.41) is 2.95. The Morgan fingerprint density at radius 2 is 2.06 bits per heavy atom. The Hall–Kier alpha value is -1.71.